The third kappa shape index (κ3) is 3.62. The third-order valence-corrected chi connectivity index (χ3v) is 5.63. The summed E-state index contributed by atoms with van der Waals surface area (Å²) < 4.78 is 5.21. The SMILES string of the molecule is COc1cccc(N=CC=CC=C2Sc3ccc4ccccc4c3N2C)c1. The lowest BCUT2D eigenvalue weighted by Crippen LogP contribution is -2.09. The Morgan fingerprint density at radius 2 is 1.89 bits per heavy atom. The number of hydrogen-bond acceptors (Lipinski definition) is 4. The molecule has 134 valence electrons. The molecule has 1 aliphatic heterocycles. The maximum Gasteiger partial charge on any atom is 0.121 e. The van der Waals surface area contributed by atoms with Gasteiger partial charge in [-0.15, -0.1) is 0 Å². The highest BCUT2D eigenvalue weighted by Gasteiger charge is 2.23. The van der Waals surface area contributed by atoms with Crippen LogP contribution in [0.5, 0.6) is 5.75 Å². The molecule has 4 heteroatoms. The summed E-state index contributed by atoms with van der Waals surface area (Å²) in [6.07, 6.45) is 7.89. The zero-order chi connectivity index (χ0) is 18.6. The summed E-state index contributed by atoms with van der Waals surface area (Å²) in [5.74, 6) is 0.810. The van der Waals surface area contributed by atoms with Gasteiger partial charge in [-0.05, 0) is 35.7 Å². The number of fused-ring (bicyclic) bond motifs is 3. The minimum atomic E-state index is 0.810. The van der Waals surface area contributed by atoms with Crippen LogP contribution in [0.3, 0.4) is 0 Å². The second-order valence-corrected chi connectivity index (χ2v) is 7.23. The highest BCUT2D eigenvalue weighted by Crippen LogP contribution is 2.48. The number of rotatable bonds is 4. The van der Waals surface area contributed by atoms with E-state index in [-0.39, 0.29) is 0 Å². The largest absolute Gasteiger partial charge is 0.497 e. The Balaban J connectivity index is 1.50. The first kappa shape index (κ1) is 17.4. The zero-order valence-electron chi connectivity index (χ0n) is 15.3. The van der Waals surface area contributed by atoms with E-state index in [0.29, 0.717) is 0 Å². The fraction of sp³-hybridized carbons (Fsp3) is 0.0870. The Morgan fingerprint density at radius 3 is 2.78 bits per heavy atom. The van der Waals surface area contributed by atoms with Crippen LogP contribution in [0.1, 0.15) is 0 Å². The van der Waals surface area contributed by atoms with Gasteiger partial charge in [0.2, 0.25) is 0 Å². The number of ether oxygens (including phenoxy) is 1. The van der Waals surface area contributed by atoms with E-state index in [2.05, 4.69) is 59.4 Å². The molecule has 0 N–H and O–H groups in total. The monoisotopic (exact) mass is 372 g/mol. The lowest BCUT2D eigenvalue weighted by molar-refractivity contribution is 0.415. The van der Waals surface area contributed by atoms with Crippen LogP contribution in [-0.2, 0) is 0 Å². The molecule has 3 aromatic carbocycles. The van der Waals surface area contributed by atoms with Gasteiger partial charge >= 0.3 is 0 Å². The van der Waals surface area contributed by atoms with Crippen LogP contribution in [0.25, 0.3) is 10.8 Å². The van der Waals surface area contributed by atoms with Crippen LogP contribution in [-0.4, -0.2) is 20.4 Å². The van der Waals surface area contributed by atoms with Gasteiger partial charge in [0.05, 0.1) is 23.5 Å². The van der Waals surface area contributed by atoms with Crippen LogP contribution in [0.15, 0.2) is 93.8 Å². The Labute approximate surface area is 163 Å². The third-order valence-electron chi connectivity index (χ3n) is 4.46. The second kappa shape index (κ2) is 7.72. The van der Waals surface area contributed by atoms with Gasteiger partial charge in [0.15, 0.2) is 0 Å². The van der Waals surface area contributed by atoms with E-state index < -0.39 is 0 Å². The van der Waals surface area contributed by atoms with Gasteiger partial charge in [0, 0.05) is 29.6 Å². The molecule has 0 aliphatic carbocycles. The summed E-state index contributed by atoms with van der Waals surface area (Å²) in [5, 5.41) is 3.76. The van der Waals surface area contributed by atoms with Crippen molar-refractivity contribution >= 4 is 40.1 Å². The van der Waals surface area contributed by atoms with Crippen LogP contribution in [0.2, 0.25) is 0 Å². The van der Waals surface area contributed by atoms with E-state index in [1.54, 1.807) is 25.1 Å². The number of anilines is 1. The minimum Gasteiger partial charge on any atom is -0.497 e. The molecule has 3 nitrogen and oxygen atoms in total. The van der Waals surface area contributed by atoms with E-state index in [4.69, 9.17) is 4.74 Å². The summed E-state index contributed by atoms with van der Waals surface area (Å²) in [5.41, 5.74) is 2.15. The summed E-state index contributed by atoms with van der Waals surface area (Å²) in [4.78, 5) is 7.99. The van der Waals surface area contributed by atoms with E-state index >= 15 is 0 Å². The molecule has 0 saturated heterocycles. The lowest BCUT2D eigenvalue weighted by Gasteiger charge is -2.15. The summed E-state index contributed by atoms with van der Waals surface area (Å²) >= 11 is 1.79. The van der Waals surface area contributed by atoms with Crippen molar-refractivity contribution in [3.8, 4) is 5.75 Å². The van der Waals surface area contributed by atoms with E-state index in [9.17, 15) is 0 Å². The fourth-order valence-corrected chi connectivity index (χ4v) is 4.19. The highest BCUT2D eigenvalue weighted by molar-refractivity contribution is 8.03. The molecule has 0 spiro atoms. The summed E-state index contributed by atoms with van der Waals surface area (Å²) in [7, 11) is 3.78. The molecule has 1 heterocycles. The second-order valence-electron chi connectivity index (χ2n) is 6.16. The normalized spacial score (nSPS) is 15.3. The molecule has 27 heavy (non-hydrogen) atoms. The zero-order valence-corrected chi connectivity index (χ0v) is 16.1. The highest BCUT2D eigenvalue weighted by atomic mass is 32.2. The van der Waals surface area contributed by atoms with Gasteiger partial charge in [0.25, 0.3) is 0 Å². The number of thioether (sulfide) groups is 1. The average Bonchev–Trinajstić information content (AvgIpc) is 3.04. The molecular formula is C23H20N2OS. The first-order chi connectivity index (χ1) is 13.3. The molecule has 4 rings (SSSR count). The number of allylic oxidation sites excluding steroid dienone is 3. The van der Waals surface area contributed by atoms with Crippen molar-refractivity contribution in [2.45, 2.75) is 4.90 Å². The van der Waals surface area contributed by atoms with Crippen LogP contribution >= 0.6 is 11.8 Å². The number of hydrogen-bond donors (Lipinski definition) is 0. The molecule has 0 saturated carbocycles. The van der Waals surface area contributed by atoms with Gasteiger partial charge < -0.3 is 9.64 Å². The Morgan fingerprint density at radius 1 is 1.00 bits per heavy atom. The first-order valence-electron chi connectivity index (χ1n) is 8.74. The number of nitrogens with zero attached hydrogens (tertiary/aromatic N) is 2. The average molecular weight is 372 g/mol. The van der Waals surface area contributed by atoms with E-state index in [1.807, 2.05) is 36.4 Å². The Bertz CT molecular complexity index is 1070. The van der Waals surface area contributed by atoms with Gasteiger partial charge in [0.1, 0.15) is 5.75 Å². The lowest BCUT2D eigenvalue weighted by atomic mass is 10.1. The maximum atomic E-state index is 5.21. The number of methoxy groups -OCH3 is 1. The van der Waals surface area contributed by atoms with Crippen LogP contribution < -0.4 is 9.64 Å². The predicted octanol–water partition coefficient (Wildman–Crippen LogP) is 6.19. The molecule has 0 bridgehead atoms. The number of benzene rings is 3. The summed E-state index contributed by atoms with van der Waals surface area (Å²) in [6, 6.07) is 20.6. The standard InChI is InChI=1S/C23H20N2OS/c1-25-22(12-5-6-15-24-18-9-7-10-19(16-18)26-2)27-21-14-13-17-8-3-4-11-20(17)23(21)25/h3-16H,1-2H3. The molecule has 0 atom stereocenters. The van der Waals surface area contributed by atoms with Crippen molar-refractivity contribution in [1.82, 2.24) is 0 Å². The molecule has 3 aromatic rings. The molecule has 0 radical (unpaired) electrons. The summed E-state index contributed by atoms with van der Waals surface area (Å²) in [6.45, 7) is 0. The number of aliphatic imine (C=N–C) groups is 1. The molecule has 0 unspecified atom stereocenters. The van der Waals surface area contributed by atoms with Crippen molar-refractivity contribution in [2.24, 2.45) is 4.99 Å². The van der Waals surface area contributed by atoms with Crippen molar-refractivity contribution in [3.05, 3.63) is 83.9 Å². The molecule has 0 aromatic heterocycles. The molecular weight excluding hydrogens is 352 g/mol. The van der Waals surface area contributed by atoms with Crippen molar-refractivity contribution in [1.29, 1.82) is 0 Å². The topological polar surface area (TPSA) is 24.8 Å². The quantitative estimate of drug-likeness (QED) is 0.510. The van der Waals surface area contributed by atoms with Crippen molar-refractivity contribution < 1.29 is 4.74 Å². The molecule has 0 fully saturated rings. The Kier molecular flexibility index (Phi) is 4.99. The fourth-order valence-electron chi connectivity index (χ4n) is 3.11. The smallest absolute Gasteiger partial charge is 0.121 e. The first-order valence-corrected chi connectivity index (χ1v) is 9.56. The van der Waals surface area contributed by atoms with E-state index in [1.165, 1.54) is 26.4 Å². The molecule has 1 aliphatic rings. The van der Waals surface area contributed by atoms with Crippen molar-refractivity contribution in [2.75, 3.05) is 19.1 Å². The van der Waals surface area contributed by atoms with Gasteiger partial charge in [-0.3, -0.25) is 4.99 Å². The van der Waals surface area contributed by atoms with Gasteiger partial charge in [-0.2, -0.15) is 0 Å². The Hall–Kier alpha value is -2.98. The van der Waals surface area contributed by atoms with Crippen LogP contribution in [0.4, 0.5) is 11.4 Å². The van der Waals surface area contributed by atoms with Crippen molar-refractivity contribution in [3.63, 3.8) is 0 Å². The van der Waals surface area contributed by atoms with Gasteiger partial charge in [-0.25, -0.2) is 0 Å². The van der Waals surface area contributed by atoms with Gasteiger partial charge in [-0.1, -0.05) is 54.2 Å². The minimum absolute atomic E-state index is 0.810. The van der Waals surface area contributed by atoms with Crippen LogP contribution in [0, 0.1) is 0 Å². The maximum absolute atomic E-state index is 5.21. The predicted molar refractivity (Wildman–Crippen MR) is 117 cm³/mol. The molecule has 0 amide bonds. The van der Waals surface area contributed by atoms with E-state index in [0.717, 1.165) is 11.4 Å².